The molecule has 23 heavy (non-hydrogen) atoms. The molecule has 1 unspecified atom stereocenters. The predicted molar refractivity (Wildman–Crippen MR) is 88.8 cm³/mol. The van der Waals surface area contributed by atoms with Gasteiger partial charge in [0.1, 0.15) is 0 Å². The molecule has 7 heteroatoms. The Morgan fingerprint density at radius 2 is 2.04 bits per heavy atom. The molecule has 0 bridgehead atoms. The van der Waals surface area contributed by atoms with E-state index in [2.05, 4.69) is 10.2 Å². The molecule has 2 saturated heterocycles. The van der Waals surface area contributed by atoms with Crippen LogP contribution in [0.15, 0.2) is 29.2 Å². The van der Waals surface area contributed by atoms with Gasteiger partial charge < -0.3 is 10.1 Å². The summed E-state index contributed by atoms with van der Waals surface area (Å²) in [5, 5.41) is 3.34. The van der Waals surface area contributed by atoms with E-state index in [1.165, 1.54) is 0 Å². The van der Waals surface area contributed by atoms with Crippen LogP contribution in [0.5, 0.6) is 0 Å². The highest BCUT2D eigenvalue weighted by atomic mass is 32.2. The summed E-state index contributed by atoms with van der Waals surface area (Å²) >= 11 is 0. The van der Waals surface area contributed by atoms with E-state index in [4.69, 9.17) is 4.74 Å². The molecule has 6 nitrogen and oxygen atoms in total. The molecule has 2 fully saturated rings. The fourth-order valence-corrected chi connectivity index (χ4v) is 4.95. The van der Waals surface area contributed by atoms with Gasteiger partial charge in [-0.3, -0.25) is 4.90 Å². The normalized spacial score (nSPS) is 24.1. The molecule has 2 aliphatic rings. The minimum Gasteiger partial charge on any atom is -0.380 e. The van der Waals surface area contributed by atoms with E-state index < -0.39 is 10.0 Å². The molecule has 2 aliphatic heterocycles. The van der Waals surface area contributed by atoms with Gasteiger partial charge in [0.2, 0.25) is 10.0 Å². The van der Waals surface area contributed by atoms with Gasteiger partial charge in [-0.05, 0) is 24.1 Å². The maximum absolute atomic E-state index is 12.9. The molecule has 1 aromatic carbocycles. The summed E-state index contributed by atoms with van der Waals surface area (Å²) in [7, 11) is -1.80. The Kier molecular flexibility index (Phi) is 5.33. The highest BCUT2D eigenvalue weighted by Gasteiger charge is 2.35. The highest BCUT2D eigenvalue weighted by molar-refractivity contribution is 7.89. The van der Waals surface area contributed by atoms with E-state index in [9.17, 15) is 8.42 Å². The lowest BCUT2D eigenvalue weighted by molar-refractivity contribution is 0.179. The second-order valence-corrected chi connectivity index (χ2v) is 8.11. The topological polar surface area (TPSA) is 61.9 Å². The first-order valence-corrected chi connectivity index (χ1v) is 9.58. The average Bonchev–Trinajstić information content (AvgIpc) is 3.07. The predicted octanol–water partition coefficient (Wildman–Crippen LogP) is 0.501. The van der Waals surface area contributed by atoms with Crippen LogP contribution in [0.3, 0.4) is 0 Å². The van der Waals surface area contributed by atoms with E-state index in [-0.39, 0.29) is 0 Å². The molecule has 3 rings (SSSR count). The van der Waals surface area contributed by atoms with Crippen LogP contribution in [0.4, 0.5) is 0 Å². The van der Waals surface area contributed by atoms with Gasteiger partial charge in [-0.25, -0.2) is 8.42 Å². The van der Waals surface area contributed by atoms with Gasteiger partial charge >= 0.3 is 0 Å². The summed E-state index contributed by atoms with van der Waals surface area (Å²) in [6, 6.07) is 7.40. The average molecular weight is 339 g/mol. The lowest BCUT2D eigenvalue weighted by Gasteiger charge is -2.32. The Bertz CT molecular complexity index is 629. The number of ether oxygens (including phenoxy) is 1. The summed E-state index contributed by atoms with van der Waals surface area (Å²) < 4.78 is 32.5. The van der Waals surface area contributed by atoms with Crippen LogP contribution in [0.25, 0.3) is 0 Å². The second-order valence-electron chi connectivity index (χ2n) is 6.17. The number of piperazine rings is 1. The molecule has 1 N–H and O–H groups in total. The zero-order valence-corrected chi connectivity index (χ0v) is 14.4. The van der Waals surface area contributed by atoms with Crippen molar-refractivity contribution in [3.8, 4) is 0 Å². The van der Waals surface area contributed by atoms with Gasteiger partial charge in [0.15, 0.2) is 0 Å². The third-order valence-corrected chi connectivity index (χ3v) is 6.50. The van der Waals surface area contributed by atoms with Crippen molar-refractivity contribution in [1.82, 2.24) is 14.5 Å². The molecule has 2 heterocycles. The molecule has 0 amide bonds. The van der Waals surface area contributed by atoms with Crippen LogP contribution in [-0.2, 0) is 21.4 Å². The molecule has 0 aliphatic carbocycles. The number of nitrogens with one attached hydrogen (secondary N) is 1. The van der Waals surface area contributed by atoms with Gasteiger partial charge in [0.25, 0.3) is 0 Å². The lowest BCUT2D eigenvalue weighted by Crippen LogP contribution is -2.49. The molecular weight excluding hydrogens is 314 g/mol. The van der Waals surface area contributed by atoms with Gasteiger partial charge in [0.05, 0.1) is 11.5 Å². The summed E-state index contributed by atoms with van der Waals surface area (Å²) in [5.41, 5.74) is 0.881. The Balaban J connectivity index is 1.71. The first kappa shape index (κ1) is 16.9. The zero-order chi connectivity index (χ0) is 16.3. The standard InChI is InChI=1S/C16H25N3O3S/c1-22-13-14-3-2-4-16(11-14)23(20,21)19-8-5-15(12-19)18-9-6-17-7-10-18/h2-4,11,15,17H,5-10,12-13H2,1H3. The highest BCUT2D eigenvalue weighted by Crippen LogP contribution is 2.24. The van der Waals surface area contributed by atoms with Gasteiger partial charge in [0, 0.05) is 52.4 Å². The molecule has 128 valence electrons. The quantitative estimate of drug-likeness (QED) is 0.847. The van der Waals surface area contributed by atoms with Crippen molar-refractivity contribution >= 4 is 10.0 Å². The third-order valence-electron chi connectivity index (χ3n) is 4.64. The molecule has 1 atom stereocenters. The largest absolute Gasteiger partial charge is 0.380 e. The maximum Gasteiger partial charge on any atom is 0.243 e. The SMILES string of the molecule is COCc1cccc(S(=O)(=O)N2CCC(N3CCNCC3)C2)c1. The van der Waals surface area contributed by atoms with Crippen LogP contribution in [-0.4, -0.2) is 70.0 Å². The van der Waals surface area contributed by atoms with Crippen molar-refractivity contribution in [3.05, 3.63) is 29.8 Å². The minimum absolute atomic E-state index is 0.342. The number of rotatable bonds is 5. The van der Waals surface area contributed by atoms with Crippen LogP contribution >= 0.6 is 0 Å². The van der Waals surface area contributed by atoms with Crippen molar-refractivity contribution in [2.45, 2.75) is 24.0 Å². The first-order chi connectivity index (χ1) is 11.1. The molecule has 0 spiro atoms. The summed E-state index contributed by atoms with van der Waals surface area (Å²) in [4.78, 5) is 2.78. The van der Waals surface area contributed by atoms with Gasteiger partial charge in [-0.15, -0.1) is 0 Å². The Labute approximate surface area is 138 Å². The van der Waals surface area contributed by atoms with Gasteiger partial charge in [-0.2, -0.15) is 4.31 Å². The fraction of sp³-hybridized carbons (Fsp3) is 0.625. The third kappa shape index (κ3) is 3.75. The molecular formula is C16H25N3O3S. The molecule has 1 aromatic rings. The zero-order valence-electron chi connectivity index (χ0n) is 13.6. The lowest BCUT2D eigenvalue weighted by atomic mass is 10.2. The van der Waals surface area contributed by atoms with E-state index in [0.29, 0.717) is 30.6 Å². The smallest absolute Gasteiger partial charge is 0.243 e. The summed E-state index contributed by atoms with van der Waals surface area (Å²) in [6.45, 7) is 5.60. The van der Waals surface area contributed by atoms with Crippen LogP contribution < -0.4 is 5.32 Å². The second kappa shape index (κ2) is 7.27. The van der Waals surface area contributed by atoms with Crippen LogP contribution in [0.2, 0.25) is 0 Å². The van der Waals surface area contributed by atoms with Crippen molar-refractivity contribution in [2.75, 3.05) is 46.4 Å². The fourth-order valence-electron chi connectivity index (χ4n) is 3.39. The number of hydrogen-bond donors (Lipinski definition) is 1. The van der Waals surface area contributed by atoms with Crippen LogP contribution in [0.1, 0.15) is 12.0 Å². The van der Waals surface area contributed by atoms with E-state index >= 15 is 0 Å². The number of nitrogens with zero attached hydrogens (tertiary/aromatic N) is 2. The van der Waals surface area contributed by atoms with Crippen LogP contribution in [0, 0.1) is 0 Å². The monoisotopic (exact) mass is 339 g/mol. The number of sulfonamides is 1. The van der Waals surface area contributed by atoms with E-state index in [1.54, 1.807) is 29.6 Å². The number of methoxy groups -OCH3 is 1. The Morgan fingerprint density at radius 3 is 2.78 bits per heavy atom. The van der Waals surface area contributed by atoms with E-state index in [0.717, 1.165) is 38.2 Å². The first-order valence-electron chi connectivity index (χ1n) is 8.14. The summed E-state index contributed by atoms with van der Waals surface area (Å²) in [6.07, 6.45) is 0.914. The van der Waals surface area contributed by atoms with Gasteiger partial charge in [-0.1, -0.05) is 12.1 Å². The van der Waals surface area contributed by atoms with Crippen molar-refractivity contribution < 1.29 is 13.2 Å². The minimum atomic E-state index is -3.42. The van der Waals surface area contributed by atoms with Crippen molar-refractivity contribution in [1.29, 1.82) is 0 Å². The molecule has 0 saturated carbocycles. The number of hydrogen-bond acceptors (Lipinski definition) is 5. The Morgan fingerprint density at radius 1 is 1.26 bits per heavy atom. The van der Waals surface area contributed by atoms with E-state index in [1.807, 2.05) is 6.07 Å². The number of benzene rings is 1. The molecule has 0 aromatic heterocycles. The van der Waals surface area contributed by atoms with Crippen molar-refractivity contribution in [3.63, 3.8) is 0 Å². The summed E-state index contributed by atoms with van der Waals surface area (Å²) in [5.74, 6) is 0. The molecule has 0 radical (unpaired) electrons. The van der Waals surface area contributed by atoms with Crippen molar-refractivity contribution in [2.24, 2.45) is 0 Å². The maximum atomic E-state index is 12.9. The Hall–Kier alpha value is -0.990.